The first-order valence-corrected chi connectivity index (χ1v) is 15.6. The zero-order valence-corrected chi connectivity index (χ0v) is 26.6. The quantitative estimate of drug-likeness (QED) is 0.133. The molecule has 1 aliphatic heterocycles. The van der Waals surface area contributed by atoms with Crippen molar-refractivity contribution in [2.24, 2.45) is 0 Å². The van der Waals surface area contributed by atoms with Crippen molar-refractivity contribution in [3.63, 3.8) is 0 Å². The number of imide groups is 1. The van der Waals surface area contributed by atoms with Crippen LogP contribution in [0.2, 0.25) is 10.0 Å². The Labute approximate surface area is 279 Å². The number of thioether (sulfide) groups is 1. The number of rotatable bonds is 9. The Kier molecular flexibility index (Phi) is 10.2. The van der Waals surface area contributed by atoms with Crippen molar-refractivity contribution in [1.29, 1.82) is 0 Å². The van der Waals surface area contributed by atoms with Crippen molar-refractivity contribution in [3.05, 3.63) is 124 Å². The highest BCUT2D eigenvalue weighted by atomic mass is 35.5. The van der Waals surface area contributed by atoms with Gasteiger partial charge in [-0.15, -0.1) is 11.8 Å². The zero-order valence-electron chi connectivity index (χ0n) is 24.3. The molecule has 232 valence electrons. The number of carbonyl (C=O) groups excluding carboxylic acids is 5. The van der Waals surface area contributed by atoms with Gasteiger partial charge in [0.05, 0.1) is 21.0 Å². The topological polar surface area (TPSA) is 125 Å². The predicted molar refractivity (Wildman–Crippen MR) is 181 cm³/mol. The molecule has 5 amide bonds. The predicted octanol–water partition coefficient (Wildman–Crippen LogP) is 6.79. The Hall–Kier alpha value is -4.90. The number of halogens is 2. The molecule has 1 atom stereocenters. The molecule has 0 bridgehead atoms. The largest absolute Gasteiger partial charge is 0.326 e. The minimum atomic E-state index is -0.631. The Bertz CT molecular complexity index is 1850. The van der Waals surface area contributed by atoms with Crippen molar-refractivity contribution >= 4 is 87.6 Å². The van der Waals surface area contributed by atoms with E-state index in [-0.39, 0.29) is 34.9 Å². The van der Waals surface area contributed by atoms with Crippen LogP contribution in [-0.2, 0) is 19.2 Å². The number of nitrogens with zero attached hydrogens (tertiary/aromatic N) is 1. The number of carbonyl (C=O) groups is 5. The lowest BCUT2D eigenvalue weighted by Crippen LogP contribution is -2.31. The van der Waals surface area contributed by atoms with Crippen LogP contribution in [0.1, 0.15) is 29.3 Å². The first kappa shape index (κ1) is 32.5. The third-order valence-corrected chi connectivity index (χ3v) is 8.78. The van der Waals surface area contributed by atoms with E-state index in [0.717, 1.165) is 4.90 Å². The van der Waals surface area contributed by atoms with Crippen molar-refractivity contribution in [1.82, 2.24) is 5.32 Å². The van der Waals surface area contributed by atoms with E-state index in [1.54, 1.807) is 97.1 Å². The maximum atomic E-state index is 13.4. The molecule has 12 heteroatoms. The van der Waals surface area contributed by atoms with E-state index in [1.807, 2.05) is 0 Å². The fraction of sp³-hybridized carbons (Fsp3) is 0.0882. The van der Waals surface area contributed by atoms with Gasteiger partial charge >= 0.3 is 0 Å². The lowest BCUT2D eigenvalue weighted by Gasteiger charge is -2.16. The molecular weight excluding hydrogens is 647 g/mol. The van der Waals surface area contributed by atoms with Crippen LogP contribution in [0.5, 0.6) is 0 Å². The third-order valence-electron chi connectivity index (χ3n) is 6.75. The average Bonchev–Trinajstić information content (AvgIpc) is 3.32. The molecule has 0 aliphatic carbocycles. The number of anilines is 3. The summed E-state index contributed by atoms with van der Waals surface area (Å²) in [7, 11) is 0. The molecule has 1 aliphatic rings. The Morgan fingerprint density at radius 3 is 2.15 bits per heavy atom. The number of nitrogens with one attached hydrogen (secondary N) is 3. The number of hydrogen-bond donors (Lipinski definition) is 3. The molecule has 46 heavy (non-hydrogen) atoms. The smallest absolute Gasteiger partial charge is 0.272 e. The van der Waals surface area contributed by atoms with E-state index in [2.05, 4.69) is 16.0 Å². The van der Waals surface area contributed by atoms with E-state index < -0.39 is 17.1 Å². The van der Waals surface area contributed by atoms with Crippen LogP contribution < -0.4 is 20.9 Å². The molecule has 4 aromatic carbocycles. The molecule has 1 saturated heterocycles. The number of hydrogen-bond acceptors (Lipinski definition) is 6. The molecule has 0 spiro atoms. The first-order valence-electron chi connectivity index (χ1n) is 13.9. The fourth-order valence-corrected chi connectivity index (χ4v) is 5.99. The van der Waals surface area contributed by atoms with Crippen LogP contribution >= 0.6 is 35.0 Å². The van der Waals surface area contributed by atoms with Gasteiger partial charge in [0.15, 0.2) is 0 Å². The molecule has 5 rings (SSSR count). The number of benzene rings is 4. The SMILES string of the molecule is CC(=O)Nc1ccc(N2C(=O)CC(Sc3ccc(NC(=O)/C(=C/c4cccc(Cl)c4Cl)NC(=O)c4ccccc4)cc3)C2=O)cc1. The van der Waals surface area contributed by atoms with Gasteiger partial charge in [0.2, 0.25) is 17.7 Å². The molecule has 0 saturated carbocycles. The van der Waals surface area contributed by atoms with Crippen LogP contribution in [-0.4, -0.2) is 34.8 Å². The van der Waals surface area contributed by atoms with Crippen LogP contribution in [0, 0.1) is 0 Å². The second kappa shape index (κ2) is 14.5. The van der Waals surface area contributed by atoms with Gasteiger partial charge in [-0.25, -0.2) is 4.90 Å². The molecule has 0 aromatic heterocycles. The fourth-order valence-electron chi connectivity index (χ4n) is 4.57. The van der Waals surface area contributed by atoms with E-state index in [1.165, 1.54) is 24.8 Å². The highest BCUT2D eigenvalue weighted by Crippen LogP contribution is 2.35. The zero-order chi connectivity index (χ0) is 32.8. The van der Waals surface area contributed by atoms with Crippen molar-refractivity contribution in [3.8, 4) is 0 Å². The summed E-state index contributed by atoms with van der Waals surface area (Å²) in [4.78, 5) is 65.3. The second-order valence-corrected chi connectivity index (χ2v) is 12.2. The summed E-state index contributed by atoms with van der Waals surface area (Å²) >= 11 is 13.7. The van der Waals surface area contributed by atoms with E-state index in [4.69, 9.17) is 23.2 Å². The highest BCUT2D eigenvalue weighted by Gasteiger charge is 2.40. The summed E-state index contributed by atoms with van der Waals surface area (Å²) in [6.07, 6.45) is 1.47. The van der Waals surface area contributed by atoms with Gasteiger partial charge in [-0.3, -0.25) is 24.0 Å². The van der Waals surface area contributed by atoms with Gasteiger partial charge in [-0.2, -0.15) is 0 Å². The van der Waals surface area contributed by atoms with Crippen LogP contribution in [0.25, 0.3) is 6.08 Å². The molecule has 4 aromatic rings. The highest BCUT2D eigenvalue weighted by molar-refractivity contribution is 8.00. The van der Waals surface area contributed by atoms with Gasteiger partial charge in [0.1, 0.15) is 5.70 Å². The minimum absolute atomic E-state index is 0.0246. The minimum Gasteiger partial charge on any atom is -0.326 e. The molecular formula is C34H26Cl2N4O5S. The van der Waals surface area contributed by atoms with E-state index >= 15 is 0 Å². The van der Waals surface area contributed by atoms with Gasteiger partial charge in [-0.05, 0) is 78.4 Å². The average molecular weight is 674 g/mol. The monoisotopic (exact) mass is 672 g/mol. The van der Waals surface area contributed by atoms with E-state index in [9.17, 15) is 24.0 Å². The number of amides is 5. The van der Waals surface area contributed by atoms with Crippen LogP contribution in [0.4, 0.5) is 17.1 Å². The van der Waals surface area contributed by atoms with E-state index in [0.29, 0.717) is 38.1 Å². The van der Waals surface area contributed by atoms with Crippen LogP contribution in [0.3, 0.4) is 0 Å². The summed E-state index contributed by atoms with van der Waals surface area (Å²) in [5, 5.41) is 7.97. The summed E-state index contributed by atoms with van der Waals surface area (Å²) < 4.78 is 0. The summed E-state index contributed by atoms with van der Waals surface area (Å²) in [6.45, 7) is 1.39. The van der Waals surface area contributed by atoms with Crippen LogP contribution in [0.15, 0.2) is 108 Å². The van der Waals surface area contributed by atoms with Crippen molar-refractivity contribution in [2.45, 2.75) is 23.5 Å². The normalized spacial score (nSPS) is 14.6. The van der Waals surface area contributed by atoms with Gasteiger partial charge in [0, 0.05) is 35.2 Å². The lowest BCUT2D eigenvalue weighted by molar-refractivity contribution is -0.121. The van der Waals surface area contributed by atoms with Gasteiger partial charge < -0.3 is 16.0 Å². The molecule has 1 heterocycles. The standard InChI is InChI=1S/C34H26Cl2N4O5S/c1-20(41)37-23-10-14-25(15-11-23)40-30(42)19-29(34(40)45)46-26-16-12-24(13-17-26)38-33(44)28(18-22-8-5-9-27(35)31(22)36)39-32(43)21-6-3-2-4-7-21/h2-18,29H,19H2,1H3,(H,37,41)(H,38,44)(H,39,43)/b28-18-. The second-order valence-electron chi connectivity index (χ2n) is 10.1. The van der Waals surface area contributed by atoms with Crippen molar-refractivity contribution < 1.29 is 24.0 Å². The summed E-state index contributed by atoms with van der Waals surface area (Å²) in [5.41, 5.74) is 2.15. The Balaban J connectivity index is 1.27. The maximum absolute atomic E-state index is 13.4. The molecule has 9 nitrogen and oxygen atoms in total. The Morgan fingerprint density at radius 1 is 0.826 bits per heavy atom. The summed E-state index contributed by atoms with van der Waals surface area (Å²) in [6, 6.07) is 26.6. The molecule has 1 unspecified atom stereocenters. The molecule has 3 N–H and O–H groups in total. The first-order chi connectivity index (χ1) is 22.1. The Morgan fingerprint density at radius 2 is 1.48 bits per heavy atom. The molecule has 0 radical (unpaired) electrons. The molecule has 1 fully saturated rings. The lowest BCUT2D eigenvalue weighted by atomic mass is 10.1. The van der Waals surface area contributed by atoms with Gasteiger partial charge in [0.25, 0.3) is 11.8 Å². The third kappa shape index (κ3) is 7.84. The van der Waals surface area contributed by atoms with Crippen molar-refractivity contribution in [2.75, 3.05) is 15.5 Å². The summed E-state index contributed by atoms with van der Waals surface area (Å²) in [5.74, 6) is -1.98. The van der Waals surface area contributed by atoms with Gasteiger partial charge in [-0.1, -0.05) is 53.5 Å². The maximum Gasteiger partial charge on any atom is 0.272 e.